The van der Waals surface area contributed by atoms with Gasteiger partial charge in [0.25, 0.3) is 0 Å². The van der Waals surface area contributed by atoms with Gasteiger partial charge in [0, 0.05) is 12.0 Å². The average molecular weight is 512 g/mol. The molecule has 188 valence electrons. The molecule has 10 heteroatoms. The summed E-state index contributed by atoms with van der Waals surface area (Å²) in [5, 5.41) is 2.65. The van der Waals surface area contributed by atoms with E-state index in [1.165, 1.54) is 43.5 Å². The van der Waals surface area contributed by atoms with Gasteiger partial charge in [-0.2, -0.15) is 8.42 Å². The molecule has 0 aliphatic rings. The summed E-state index contributed by atoms with van der Waals surface area (Å²) in [6.45, 7) is 1.32. The Labute approximate surface area is 209 Å². The van der Waals surface area contributed by atoms with E-state index in [1.807, 2.05) is 6.92 Å². The van der Waals surface area contributed by atoms with E-state index < -0.39 is 34.4 Å². The van der Waals surface area contributed by atoms with Gasteiger partial charge >= 0.3 is 16.1 Å². The number of carbonyl (C=O) groups is 3. The Hall–Kier alpha value is -4.18. The lowest BCUT2D eigenvalue weighted by Gasteiger charge is -2.10. The van der Waals surface area contributed by atoms with E-state index in [-0.39, 0.29) is 29.1 Å². The number of ether oxygens (including phenoxy) is 2. The van der Waals surface area contributed by atoms with Crippen LogP contribution in [0, 0.1) is 6.92 Å². The van der Waals surface area contributed by atoms with Gasteiger partial charge in [0.15, 0.2) is 12.4 Å². The van der Waals surface area contributed by atoms with Crippen LogP contribution < -0.4 is 14.2 Å². The number of Topliss-reactive ketones (excluding diaryl/α,β-unsaturated/α-hetero) is 1. The summed E-state index contributed by atoms with van der Waals surface area (Å²) in [6, 6.07) is 18.5. The van der Waals surface area contributed by atoms with Crippen LogP contribution in [0.1, 0.15) is 28.8 Å². The first-order valence-electron chi connectivity index (χ1n) is 10.9. The van der Waals surface area contributed by atoms with Gasteiger partial charge in [-0.15, -0.1) is 0 Å². The second-order valence-electron chi connectivity index (χ2n) is 7.71. The number of methoxy groups -OCH3 is 1. The molecule has 9 nitrogen and oxygen atoms in total. The van der Waals surface area contributed by atoms with Crippen molar-refractivity contribution in [3.8, 4) is 11.5 Å². The van der Waals surface area contributed by atoms with E-state index in [9.17, 15) is 22.8 Å². The van der Waals surface area contributed by atoms with Crippen molar-refractivity contribution < 1.29 is 36.5 Å². The maximum Gasteiger partial charge on any atom is 0.339 e. The number of ketones is 1. The fourth-order valence-electron chi connectivity index (χ4n) is 3.05. The Balaban J connectivity index is 1.46. The lowest BCUT2D eigenvalue weighted by molar-refractivity contribution is -0.143. The highest BCUT2D eigenvalue weighted by Gasteiger charge is 2.17. The molecule has 0 saturated heterocycles. The molecule has 3 aromatic rings. The first-order chi connectivity index (χ1) is 17.2. The molecular weight excluding hydrogens is 486 g/mol. The molecule has 0 bridgehead atoms. The van der Waals surface area contributed by atoms with Gasteiger partial charge in [0.2, 0.25) is 5.91 Å². The number of anilines is 1. The number of rotatable bonds is 11. The van der Waals surface area contributed by atoms with Gasteiger partial charge < -0.3 is 19.0 Å². The quantitative estimate of drug-likeness (QED) is 0.233. The average Bonchev–Trinajstić information content (AvgIpc) is 2.87. The standard InChI is InChI=1S/C26H25NO8S/c1-18-7-13-21(14-8-18)36(31,32)35-20-11-9-19(10-12-20)23(28)17-34-26(30)16-15-25(29)27-22-5-3-4-6-24(22)33-2/h3-14H,15-17H2,1-2H3,(H,27,29). The lowest BCUT2D eigenvalue weighted by atomic mass is 10.1. The van der Waals surface area contributed by atoms with E-state index in [0.717, 1.165) is 5.56 Å². The number of nitrogens with one attached hydrogen (secondary N) is 1. The smallest absolute Gasteiger partial charge is 0.339 e. The Morgan fingerprint density at radius 3 is 2.19 bits per heavy atom. The summed E-state index contributed by atoms with van der Waals surface area (Å²) in [4.78, 5) is 36.4. The SMILES string of the molecule is COc1ccccc1NC(=O)CCC(=O)OCC(=O)c1ccc(OS(=O)(=O)c2ccc(C)cc2)cc1. The number of aryl methyl sites for hydroxylation is 1. The molecule has 1 N–H and O–H groups in total. The Kier molecular flexibility index (Phi) is 8.80. The Morgan fingerprint density at radius 1 is 0.861 bits per heavy atom. The van der Waals surface area contributed by atoms with Crippen LogP contribution in [0.3, 0.4) is 0 Å². The monoisotopic (exact) mass is 511 g/mol. The number of esters is 1. The summed E-state index contributed by atoms with van der Waals surface area (Å²) >= 11 is 0. The molecule has 0 aliphatic carbocycles. The molecule has 3 rings (SSSR count). The van der Waals surface area contributed by atoms with Crippen LogP contribution in [0.4, 0.5) is 5.69 Å². The van der Waals surface area contributed by atoms with Crippen molar-refractivity contribution in [1.82, 2.24) is 0 Å². The number of para-hydroxylation sites is 2. The summed E-state index contributed by atoms with van der Waals surface area (Å²) < 4.78 is 40.0. The molecule has 36 heavy (non-hydrogen) atoms. The lowest BCUT2D eigenvalue weighted by Crippen LogP contribution is -2.17. The molecule has 0 fully saturated rings. The number of amides is 1. The van der Waals surface area contributed by atoms with Crippen LogP contribution in [0.25, 0.3) is 0 Å². The van der Waals surface area contributed by atoms with E-state index in [2.05, 4.69) is 5.32 Å². The normalized spacial score (nSPS) is 10.8. The van der Waals surface area contributed by atoms with Crippen LogP contribution >= 0.6 is 0 Å². The highest BCUT2D eigenvalue weighted by Crippen LogP contribution is 2.23. The Morgan fingerprint density at radius 2 is 1.53 bits per heavy atom. The first-order valence-corrected chi connectivity index (χ1v) is 12.3. The topological polar surface area (TPSA) is 125 Å². The maximum absolute atomic E-state index is 12.4. The van der Waals surface area contributed by atoms with Crippen molar-refractivity contribution in [2.45, 2.75) is 24.7 Å². The van der Waals surface area contributed by atoms with Crippen molar-refractivity contribution in [3.63, 3.8) is 0 Å². The second kappa shape index (κ2) is 12.0. The third kappa shape index (κ3) is 7.41. The zero-order chi connectivity index (χ0) is 26.1. The number of hydrogen-bond donors (Lipinski definition) is 1. The van der Waals surface area contributed by atoms with Crippen LogP contribution in [-0.2, 0) is 24.4 Å². The van der Waals surface area contributed by atoms with Crippen molar-refractivity contribution >= 4 is 33.5 Å². The van der Waals surface area contributed by atoms with E-state index in [0.29, 0.717) is 11.4 Å². The largest absolute Gasteiger partial charge is 0.495 e. The highest BCUT2D eigenvalue weighted by molar-refractivity contribution is 7.87. The fraction of sp³-hybridized carbons (Fsp3) is 0.192. The van der Waals surface area contributed by atoms with Gasteiger partial charge in [-0.1, -0.05) is 29.8 Å². The van der Waals surface area contributed by atoms with Crippen LogP contribution in [-0.4, -0.2) is 39.8 Å². The van der Waals surface area contributed by atoms with Gasteiger partial charge in [-0.3, -0.25) is 14.4 Å². The highest BCUT2D eigenvalue weighted by atomic mass is 32.2. The van der Waals surface area contributed by atoms with Crippen molar-refractivity contribution in [1.29, 1.82) is 0 Å². The first kappa shape index (κ1) is 26.4. The molecular formula is C26H25NO8S. The molecule has 0 atom stereocenters. The van der Waals surface area contributed by atoms with Crippen molar-refractivity contribution in [3.05, 3.63) is 83.9 Å². The fourth-order valence-corrected chi connectivity index (χ4v) is 3.98. The number of carbonyl (C=O) groups excluding carboxylic acids is 3. The molecule has 0 saturated carbocycles. The maximum atomic E-state index is 12.4. The minimum atomic E-state index is -4.02. The zero-order valence-corrected chi connectivity index (χ0v) is 20.5. The molecule has 0 spiro atoms. The number of benzene rings is 3. The summed E-state index contributed by atoms with van der Waals surface area (Å²) in [5.74, 6) is -1.08. The van der Waals surface area contributed by atoms with Crippen molar-refractivity contribution in [2.75, 3.05) is 19.0 Å². The van der Waals surface area contributed by atoms with E-state index >= 15 is 0 Å². The molecule has 0 aliphatic heterocycles. The third-order valence-corrected chi connectivity index (χ3v) is 6.25. The molecule has 1 amide bonds. The summed E-state index contributed by atoms with van der Waals surface area (Å²) in [7, 11) is -2.54. The summed E-state index contributed by atoms with van der Waals surface area (Å²) in [6.07, 6.45) is -0.343. The van der Waals surface area contributed by atoms with E-state index in [4.69, 9.17) is 13.7 Å². The molecule has 0 heterocycles. The zero-order valence-electron chi connectivity index (χ0n) is 19.7. The van der Waals surface area contributed by atoms with Gasteiger partial charge in [-0.05, 0) is 55.5 Å². The summed E-state index contributed by atoms with van der Waals surface area (Å²) in [5.41, 5.74) is 1.60. The Bertz CT molecular complexity index is 1330. The van der Waals surface area contributed by atoms with Crippen LogP contribution in [0.2, 0.25) is 0 Å². The minimum Gasteiger partial charge on any atom is -0.495 e. The molecule has 0 aromatic heterocycles. The van der Waals surface area contributed by atoms with Crippen LogP contribution in [0.15, 0.2) is 77.7 Å². The van der Waals surface area contributed by atoms with Crippen LogP contribution in [0.5, 0.6) is 11.5 Å². The second-order valence-corrected chi connectivity index (χ2v) is 9.25. The third-order valence-electron chi connectivity index (χ3n) is 4.99. The minimum absolute atomic E-state index is 0.0109. The van der Waals surface area contributed by atoms with Gasteiger partial charge in [-0.25, -0.2) is 0 Å². The van der Waals surface area contributed by atoms with Crippen molar-refractivity contribution in [2.24, 2.45) is 0 Å². The molecule has 0 unspecified atom stereocenters. The predicted octanol–water partition coefficient (Wildman–Crippen LogP) is 3.92. The van der Waals surface area contributed by atoms with Gasteiger partial charge in [0.05, 0.1) is 19.2 Å². The molecule has 0 radical (unpaired) electrons. The van der Waals surface area contributed by atoms with Gasteiger partial charge in [0.1, 0.15) is 16.4 Å². The predicted molar refractivity (Wildman–Crippen MR) is 132 cm³/mol. The van der Waals surface area contributed by atoms with E-state index in [1.54, 1.807) is 36.4 Å². The molecule has 3 aromatic carbocycles. The number of hydrogen-bond acceptors (Lipinski definition) is 8.